The standard InChI is InChI=1S/C9H12N2O6S/c1-15-5-2-3-6-9(17-18(13,14)16-6)8(5)11-7(12)4-10/h2-3,7,11-12H,4,10H2,1H3. The van der Waals surface area contributed by atoms with Crippen LogP contribution in [-0.2, 0) is 10.4 Å². The van der Waals surface area contributed by atoms with E-state index in [2.05, 4.69) is 13.7 Å². The number of ether oxygens (including phenoxy) is 1. The lowest BCUT2D eigenvalue weighted by molar-refractivity contribution is 0.211. The van der Waals surface area contributed by atoms with Gasteiger partial charge in [0.05, 0.1) is 7.11 Å². The maximum absolute atomic E-state index is 11.2. The minimum Gasteiger partial charge on any atom is -0.494 e. The zero-order chi connectivity index (χ0) is 13.3. The number of hydrogen-bond donors (Lipinski definition) is 3. The second kappa shape index (κ2) is 4.52. The Morgan fingerprint density at radius 1 is 1.50 bits per heavy atom. The van der Waals surface area contributed by atoms with Gasteiger partial charge in [0, 0.05) is 6.54 Å². The Morgan fingerprint density at radius 2 is 2.22 bits per heavy atom. The van der Waals surface area contributed by atoms with E-state index in [9.17, 15) is 13.5 Å². The molecule has 0 radical (unpaired) electrons. The number of fused-ring (bicyclic) bond motifs is 1. The molecule has 0 spiro atoms. The summed E-state index contributed by atoms with van der Waals surface area (Å²) in [6.07, 6.45) is -1.07. The second-order valence-electron chi connectivity index (χ2n) is 3.44. The molecule has 2 rings (SSSR count). The van der Waals surface area contributed by atoms with Gasteiger partial charge in [0.15, 0.2) is 5.75 Å². The average molecular weight is 276 g/mol. The second-order valence-corrected chi connectivity index (χ2v) is 4.59. The summed E-state index contributed by atoms with van der Waals surface area (Å²) in [6, 6.07) is 2.87. The Labute approximate surface area is 104 Å². The molecule has 1 unspecified atom stereocenters. The van der Waals surface area contributed by atoms with Gasteiger partial charge in [-0.1, -0.05) is 0 Å². The molecule has 0 saturated heterocycles. The van der Waals surface area contributed by atoms with Crippen LogP contribution in [0.3, 0.4) is 0 Å². The number of aliphatic hydroxyl groups excluding tert-OH is 1. The maximum Gasteiger partial charge on any atom is 0.501 e. The number of nitrogens with two attached hydrogens (primary N) is 1. The summed E-state index contributed by atoms with van der Waals surface area (Å²) in [6.45, 7) is -0.0690. The van der Waals surface area contributed by atoms with Crippen molar-refractivity contribution in [2.75, 3.05) is 19.0 Å². The Bertz CT molecular complexity index is 558. The van der Waals surface area contributed by atoms with Crippen LogP contribution in [0.5, 0.6) is 17.2 Å². The minimum absolute atomic E-state index is 0.0162. The fraction of sp³-hybridized carbons (Fsp3) is 0.333. The first kappa shape index (κ1) is 12.7. The van der Waals surface area contributed by atoms with Crippen LogP contribution < -0.4 is 24.2 Å². The zero-order valence-corrected chi connectivity index (χ0v) is 10.2. The molecule has 1 aliphatic heterocycles. The molecule has 100 valence electrons. The predicted octanol–water partition coefficient (Wildman–Crippen LogP) is -0.600. The number of hydrogen-bond acceptors (Lipinski definition) is 8. The van der Waals surface area contributed by atoms with E-state index in [0.29, 0.717) is 5.75 Å². The first-order valence-electron chi connectivity index (χ1n) is 4.96. The molecule has 1 aromatic carbocycles. The van der Waals surface area contributed by atoms with E-state index >= 15 is 0 Å². The van der Waals surface area contributed by atoms with Gasteiger partial charge < -0.3 is 29.3 Å². The lowest BCUT2D eigenvalue weighted by atomic mass is 10.2. The third kappa shape index (κ3) is 2.28. The van der Waals surface area contributed by atoms with Gasteiger partial charge in [0.25, 0.3) is 0 Å². The van der Waals surface area contributed by atoms with Crippen molar-refractivity contribution in [3.63, 3.8) is 0 Å². The summed E-state index contributed by atoms with van der Waals surface area (Å²) in [5.74, 6) is 0.242. The van der Waals surface area contributed by atoms with Crippen LogP contribution in [0.1, 0.15) is 0 Å². The lowest BCUT2D eigenvalue weighted by Gasteiger charge is -2.15. The molecule has 0 aromatic heterocycles. The molecular weight excluding hydrogens is 264 g/mol. The third-order valence-corrected chi connectivity index (χ3v) is 2.97. The van der Waals surface area contributed by atoms with E-state index < -0.39 is 16.6 Å². The van der Waals surface area contributed by atoms with Crippen LogP contribution in [0.4, 0.5) is 5.69 Å². The highest BCUT2D eigenvalue weighted by Crippen LogP contribution is 2.47. The number of methoxy groups -OCH3 is 1. The number of aliphatic hydroxyl groups is 1. The van der Waals surface area contributed by atoms with Crippen LogP contribution in [0.25, 0.3) is 0 Å². The van der Waals surface area contributed by atoms with Crippen molar-refractivity contribution in [2.24, 2.45) is 5.73 Å². The van der Waals surface area contributed by atoms with Gasteiger partial charge in [-0.2, -0.15) is 0 Å². The average Bonchev–Trinajstić information content (AvgIpc) is 2.64. The van der Waals surface area contributed by atoms with E-state index in [1.807, 2.05) is 0 Å². The molecule has 1 aromatic rings. The summed E-state index contributed by atoms with van der Waals surface area (Å²) in [5.41, 5.74) is 5.43. The number of nitrogens with one attached hydrogen (secondary N) is 1. The van der Waals surface area contributed by atoms with Crippen molar-refractivity contribution in [1.82, 2.24) is 0 Å². The van der Waals surface area contributed by atoms with Gasteiger partial charge in [-0.05, 0) is 12.1 Å². The van der Waals surface area contributed by atoms with Crippen LogP contribution in [0, 0.1) is 0 Å². The topological polar surface area (TPSA) is 120 Å². The monoisotopic (exact) mass is 276 g/mol. The Morgan fingerprint density at radius 3 is 2.83 bits per heavy atom. The predicted molar refractivity (Wildman–Crippen MR) is 61.9 cm³/mol. The fourth-order valence-corrected chi connectivity index (χ4v) is 2.21. The zero-order valence-electron chi connectivity index (χ0n) is 9.41. The third-order valence-electron chi connectivity index (χ3n) is 2.21. The van der Waals surface area contributed by atoms with E-state index in [1.54, 1.807) is 0 Å². The molecule has 8 nitrogen and oxygen atoms in total. The molecule has 0 bridgehead atoms. The quantitative estimate of drug-likeness (QED) is 0.623. The van der Waals surface area contributed by atoms with Gasteiger partial charge in [-0.15, -0.1) is 8.42 Å². The molecule has 18 heavy (non-hydrogen) atoms. The number of anilines is 1. The van der Waals surface area contributed by atoms with Gasteiger partial charge in [0.1, 0.15) is 17.7 Å². The Balaban J connectivity index is 2.47. The SMILES string of the molecule is COc1ccc2c(c1NC(O)CN)OS(=O)(=O)O2. The van der Waals surface area contributed by atoms with Crippen molar-refractivity contribution in [3.8, 4) is 17.2 Å². The van der Waals surface area contributed by atoms with Crippen LogP contribution in [-0.4, -0.2) is 33.4 Å². The van der Waals surface area contributed by atoms with Gasteiger partial charge in [-0.3, -0.25) is 0 Å². The number of benzene rings is 1. The lowest BCUT2D eigenvalue weighted by Crippen LogP contribution is -2.28. The summed E-state index contributed by atoms with van der Waals surface area (Å²) >= 11 is 0. The van der Waals surface area contributed by atoms with E-state index in [4.69, 9.17) is 10.5 Å². The van der Waals surface area contributed by atoms with Gasteiger partial charge in [0.2, 0.25) is 5.75 Å². The van der Waals surface area contributed by atoms with E-state index in [0.717, 1.165) is 0 Å². The van der Waals surface area contributed by atoms with E-state index in [-0.39, 0.29) is 23.7 Å². The highest BCUT2D eigenvalue weighted by atomic mass is 32.3. The molecule has 4 N–H and O–H groups in total. The smallest absolute Gasteiger partial charge is 0.494 e. The molecule has 9 heteroatoms. The van der Waals surface area contributed by atoms with Crippen molar-refractivity contribution >= 4 is 16.1 Å². The summed E-state index contributed by atoms with van der Waals surface area (Å²) in [4.78, 5) is 0. The van der Waals surface area contributed by atoms with Gasteiger partial charge >= 0.3 is 10.4 Å². The van der Waals surface area contributed by atoms with Crippen molar-refractivity contribution in [3.05, 3.63) is 12.1 Å². The Kier molecular flexibility index (Phi) is 3.20. The van der Waals surface area contributed by atoms with Crippen LogP contribution in [0.15, 0.2) is 12.1 Å². The normalized spacial score (nSPS) is 17.3. The fourth-order valence-electron chi connectivity index (χ4n) is 1.46. The highest BCUT2D eigenvalue weighted by Gasteiger charge is 2.33. The molecular formula is C9H12N2O6S. The molecule has 1 aliphatic rings. The van der Waals surface area contributed by atoms with Crippen LogP contribution >= 0.6 is 0 Å². The number of rotatable bonds is 4. The molecule has 1 atom stereocenters. The van der Waals surface area contributed by atoms with Crippen molar-refractivity contribution in [2.45, 2.75) is 6.23 Å². The molecule has 0 amide bonds. The van der Waals surface area contributed by atoms with Crippen LogP contribution in [0.2, 0.25) is 0 Å². The largest absolute Gasteiger partial charge is 0.501 e. The summed E-state index contributed by atoms with van der Waals surface area (Å²) < 4.78 is 36.7. The summed E-state index contributed by atoms with van der Waals surface area (Å²) in [5, 5.41) is 12.0. The highest BCUT2D eigenvalue weighted by molar-refractivity contribution is 7.82. The molecule has 0 saturated carbocycles. The summed E-state index contributed by atoms with van der Waals surface area (Å²) in [7, 11) is -2.71. The first-order valence-corrected chi connectivity index (χ1v) is 6.29. The maximum atomic E-state index is 11.2. The van der Waals surface area contributed by atoms with Crippen molar-refractivity contribution < 1.29 is 26.6 Å². The first-order chi connectivity index (χ1) is 8.46. The minimum atomic E-state index is -4.10. The molecule has 0 aliphatic carbocycles. The van der Waals surface area contributed by atoms with Crippen molar-refractivity contribution in [1.29, 1.82) is 0 Å². The molecule has 0 fully saturated rings. The van der Waals surface area contributed by atoms with E-state index in [1.165, 1.54) is 19.2 Å². The van der Waals surface area contributed by atoms with Gasteiger partial charge in [-0.25, -0.2) is 0 Å². The Hall–Kier alpha value is -1.71. The molecule has 1 heterocycles.